The second-order valence-electron chi connectivity index (χ2n) is 3.83. The summed E-state index contributed by atoms with van der Waals surface area (Å²) in [7, 11) is 0. The van der Waals surface area contributed by atoms with E-state index in [2.05, 4.69) is 20.8 Å². The minimum absolute atomic E-state index is 0.0510. The zero-order chi connectivity index (χ0) is 10.1. The molecule has 0 spiro atoms. The Hall–Kier alpha value is -0.200. The predicted molar refractivity (Wildman–Crippen MR) is 59.8 cm³/mol. The largest absolute Gasteiger partial charge is 0.0840 e. The van der Waals surface area contributed by atoms with E-state index >= 15 is 0 Å². The SMILES string of the molecule is CCC(C)(C)c1c(Cl)cccc1Cl. The Balaban J connectivity index is 3.28. The predicted octanol–water partition coefficient (Wildman–Crippen LogP) is 4.68. The molecule has 0 fully saturated rings. The van der Waals surface area contributed by atoms with Gasteiger partial charge in [-0.1, -0.05) is 50.0 Å². The van der Waals surface area contributed by atoms with Crippen molar-refractivity contribution in [1.29, 1.82) is 0 Å². The van der Waals surface area contributed by atoms with E-state index in [0.717, 1.165) is 22.0 Å². The first kappa shape index (κ1) is 10.9. The van der Waals surface area contributed by atoms with Gasteiger partial charge in [-0.2, -0.15) is 0 Å². The summed E-state index contributed by atoms with van der Waals surface area (Å²) in [4.78, 5) is 0. The van der Waals surface area contributed by atoms with Gasteiger partial charge in [0, 0.05) is 10.0 Å². The first-order chi connectivity index (χ1) is 5.99. The quantitative estimate of drug-likeness (QED) is 0.674. The molecule has 1 aromatic carbocycles. The molecule has 1 aromatic rings. The van der Waals surface area contributed by atoms with E-state index in [-0.39, 0.29) is 5.41 Å². The van der Waals surface area contributed by atoms with Gasteiger partial charge in [-0.25, -0.2) is 0 Å². The van der Waals surface area contributed by atoms with Gasteiger partial charge in [-0.15, -0.1) is 0 Å². The van der Waals surface area contributed by atoms with Gasteiger partial charge in [0.2, 0.25) is 0 Å². The van der Waals surface area contributed by atoms with E-state index in [0.29, 0.717) is 0 Å². The Bertz CT molecular complexity index is 283. The van der Waals surface area contributed by atoms with E-state index in [1.165, 1.54) is 0 Å². The summed E-state index contributed by atoms with van der Waals surface area (Å²) >= 11 is 12.2. The molecule has 0 nitrogen and oxygen atoms in total. The van der Waals surface area contributed by atoms with Gasteiger partial charge in [0.15, 0.2) is 0 Å². The zero-order valence-electron chi connectivity index (χ0n) is 8.20. The summed E-state index contributed by atoms with van der Waals surface area (Å²) in [5, 5.41) is 1.53. The van der Waals surface area contributed by atoms with E-state index in [1.807, 2.05) is 18.2 Å². The molecule has 0 radical (unpaired) electrons. The molecule has 0 saturated carbocycles. The molecule has 0 aliphatic heterocycles. The molecule has 0 amide bonds. The fourth-order valence-corrected chi connectivity index (χ4v) is 2.23. The Morgan fingerprint density at radius 3 is 2.00 bits per heavy atom. The molecule has 2 heteroatoms. The molecule has 0 bridgehead atoms. The van der Waals surface area contributed by atoms with Crippen LogP contribution in [-0.4, -0.2) is 0 Å². The van der Waals surface area contributed by atoms with Crippen LogP contribution < -0.4 is 0 Å². The lowest BCUT2D eigenvalue weighted by Crippen LogP contribution is -2.16. The van der Waals surface area contributed by atoms with Crippen molar-refractivity contribution in [3.63, 3.8) is 0 Å². The maximum atomic E-state index is 6.11. The molecule has 0 N–H and O–H groups in total. The van der Waals surface area contributed by atoms with E-state index in [9.17, 15) is 0 Å². The van der Waals surface area contributed by atoms with Crippen LogP contribution in [0.3, 0.4) is 0 Å². The number of rotatable bonds is 2. The zero-order valence-corrected chi connectivity index (χ0v) is 9.71. The number of benzene rings is 1. The van der Waals surface area contributed by atoms with Crippen molar-refractivity contribution in [3.05, 3.63) is 33.8 Å². The second-order valence-corrected chi connectivity index (χ2v) is 4.65. The van der Waals surface area contributed by atoms with Crippen molar-refractivity contribution in [2.24, 2.45) is 0 Å². The van der Waals surface area contributed by atoms with Gasteiger partial charge in [-0.3, -0.25) is 0 Å². The number of halogens is 2. The Kier molecular flexibility index (Phi) is 3.26. The van der Waals surface area contributed by atoms with Gasteiger partial charge in [0.1, 0.15) is 0 Å². The average molecular weight is 217 g/mol. The number of hydrogen-bond donors (Lipinski definition) is 0. The van der Waals surface area contributed by atoms with Crippen molar-refractivity contribution in [3.8, 4) is 0 Å². The molecular formula is C11H14Cl2. The highest BCUT2D eigenvalue weighted by Crippen LogP contribution is 2.37. The lowest BCUT2D eigenvalue weighted by Gasteiger charge is -2.25. The molecular weight excluding hydrogens is 203 g/mol. The lowest BCUT2D eigenvalue weighted by molar-refractivity contribution is 0.507. The highest BCUT2D eigenvalue weighted by Gasteiger charge is 2.23. The first-order valence-corrected chi connectivity index (χ1v) is 5.19. The molecule has 0 aromatic heterocycles. The minimum Gasteiger partial charge on any atom is -0.0840 e. The Morgan fingerprint density at radius 2 is 1.62 bits per heavy atom. The van der Waals surface area contributed by atoms with Crippen molar-refractivity contribution in [2.75, 3.05) is 0 Å². The van der Waals surface area contributed by atoms with Crippen LogP contribution in [0.2, 0.25) is 10.0 Å². The van der Waals surface area contributed by atoms with Gasteiger partial charge >= 0.3 is 0 Å². The molecule has 0 saturated heterocycles. The van der Waals surface area contributed by atoms with Crippen molar-refractivity contribution in [2.45, 2.75) is 32.6 Å². The van der Waals surface area contributed by atoms with Crippen LogP contribution in [0.4, 0.5) is 0 Å². The van der Waals surface area contributed by atoms with Gasteiger partial charge in [0.05, 0.1) is 0 Å². The normalized spacial score (nSPS) is 11.8. The highest BCUT2D eigenvalue weighted by molar-refractivity contribution is 6.36. The first-order valence-electron chi connectivity index (χ1n) is 4.43. The van der Waals surface area contributed by atoms with E-state index < -0.39 is 0 Å². The third-order valence-corrected chi connectivity index (χ3v) is 3.15. The Morgan fingerprint density at radius 1 is 1.15 bits per heavy atom. The average Bonchev–Trinajstić information content (AvgIpc) is 2.03. The summed E-state index contributed by atoms with van der Waals surface area (Å²) in [6.45, 7) is 6.44. The summed E-state index contributed by atoms with van der Waals surface area (Å²) in [5.74, 6) is 0. The molecule has 0 atom stereocenters. The van der Waals surface area contributed by atoms with Crippen LogP contribution >= 0.6 is 23.2 Å². The van der Waals surface area contributed by atoms with Crippen LogP contribution in [0.5, 0.6) is 0 Å². The van der Waals surface area contributed by atoms with Crippen LogP contribution in [0.25, 0.3) is 0 Å². The second kappa shape index (κ2) is 3.89. The van der Waals surface area contributed by atoms with Crippen LogP contribution in [-0.2, 0) is 5.41 Å². The van der Waals surface area contributed by atoms with E-state index in [4.69, 9.17) is 23.2 Å². The standard InChI is InChI=1S/C11H14Cl2/c1-4-11(2,3)10-8(12)6-5-7-9(10)13/h5-7H,4H2,1-3H3. The molecule has 1 rings (SSSR count). The van der Waals surface area contributed by atoms with Crippen LogP contribution in [0, 0.1) is 0 Å². The third-order valence-electron chi connectivity index (χ3n) is 2.52. The van der Waals surface area contributed by atoms with Crippen LogP contribution in [0.1, 0.15) is 32.8 Å². The van der Waals surface area contributed by atoms with Gasteiger partial charge in [-0.05, 0) is 29.5 Å². The minimum atomic E-state index is 0.0510. The van der Waals surface area contributed by atoms with Crippen molar-refractivity contribution in [1.82, 2.24) is 0 Å². The van der Waals surface area contributed by atoms with Crippen LogP contribution in [0.15, 0.2) is 18.2 Å². The topological polar surface area (TPSA) is 0 Å². The lowest BCUT2D eigenvalue weighted by atomic mass is 9.82. The summed E-state index contributed by atoms with van der Waals surface area (Å²) < 4.78 is 0. The fourth-order valence-electron chi connectivity index (χ4n) is 1.32. The molecule has 13 heavy (non-hydrogen) atoms. The molecule has 0 aliphatic carbocycles. The monoisotopic (exact) mass is 216 g/mol. The Labute approximate surface area is 89.9 Å². The summed E-state index contributed by atoms with van der Waals surface area (Å²) in [5.41, 5.74) is 1.11. The van der Waals surface area contributed by atoms with Gasteiger partial charge < -0.3 is 0 Å². The third kappa shape index (κ3) is 2.18. The summed E-state index contributed by atoms with van der Waals surface area (Å²) in [6, 6.07) is 5.65. The smallest absolute Gasteiger partial charge is 0.0458 e. The maximum Gasteiger partial charge on any atom is 0.0458 e. The molecule has 72 valence electrons. The molecule has 0 aliphatic rings. The van der Waals surface area contributed by atoms with Gasteiger partial charge in [0.25, 0.3) is 0 Å². The highest BCUT2D eigenvalue weighted by atomic mass is 35.5. The molecule has 0 unspecified atom stereocenters. The summed E-state index contributed by atoms with van der Waals surface area (Å²) in [6.07, 6.45) is 1.02. The fraction of sp³-hybridized carbons (Fsp3) is 0.455. The maximum absolute atomic E-state index is 6.11. The van der Waals surface area contributed by atoms with Crippen molar-refractivity contribution < 1.29 is 0 Å². The van der Waals surface area contributed by atoms with Crippen molar-refractivity contribution >= 4 is 23.2 Å². The van der Waals surface area contributed by atoms with E-state index in [1.54, 1.807) is 0 Å². The molecule has 0 heterocycles. The number of hydrogen-bond acceptors (Lipinski definition) is 0.